The summed E-state index contributed by atoms with van der Waals surface area (Å²) in [5, 5.41) is 21.7. The van der Waals surface area contributed by atoms with Gasteiger partial charge in [-0.25, -0.2) is 4.68 Å². The van der Waals surface area contributed by atoms with Crippen LogP contribution in [0.4, 0.5) is 0 Å². The lowest BCUT2D eigenvalue weighted by molar-refractivity contribution is 0.0646. The zero-order valence-corrected chi connectivity index (χ0v) is 23.1. The van der Waals surface area contributed by atoms with Crippen LogP contribution < -0.4 is 9.47 Å². The molecule has 2 N–H and O–H groups in total. The van der Waals surface area contributed by atoms with Gasteiger partial charge in [0.05, 0.1) is 24.4 Å². The average molecular weight is 542 g/mol. The van der Waals surface area contributed by atoms with E-state index < -0.39 is 11.5 Å². The summed E-state index contributed by atoms with van der Waals surface area (Å²) in [5.41, 5.74) is 3.28. The minimum Gasteiger partial charge on any atom is -0.496 e. The predicted octanol–water partition coefficient (Wildman–Crippen LogP) is 6.39. The van der Waals surface area contributed by atoms with Gasteiger partial charge in [0.1, 0.15) is 18.1 Å². The second-order valence-corrected chi connectivity index (χ2v) is 10.8. The quantitative estimate of drug-likeness (QED) is 0.352. The van der Waals surface area contributed by atoms with Crippen molar-refractivity contribution in [1.29, 1.82) is 10.8 Å². The lowest BCUT2D eigenvalue weighted by Crippen LogP contribution is -2.43. The Bertz CT molecular complexity index is 1400. The number of hydrogen-bond acceptors (Lipinski definition) is 6. The largest absolute Gasteiger partial charge is 0.496 e. The Morgan fingerprint density at radius 1 is 1.22 bits per heavy atom. The van der Waals surface area contributed by atoms with E-state index in [-0.39, 0.29) is 18.2 Å². The van der Waals surface area contributed by atoms with Crippen molar-refractivity contribution in [2.75, 3.05) is 14.2 Å². The fraction of sp³-hybridized carbons (Fsp3) is 0.333. The molecule has 3 aromatic rings. The molecule has 0 fully saturated rings. The third kappa shape index (κ3) is 4.83. The van der Waals surface area contributed by atoms with Crippen molar-refractivity contribution in [2.24, 2.45) is 0 Å². The molecule has 0 bridgehead atoms. The highest BCUT2D eigenvalue weighted by atomic mass is 35.5. The van der Waals surface area contributed by atoms with Crippen molar-refractivity contribution in [3.8, 4) is 28.4 Å². The number of benzene rings is 2. The maximum atomic E-state index is 13.6. The molecule has 0 saturated carbocycles. The van der Waals surface area contributed by atoms with Crippen LogP contribution in [0.5, 0.6) is 11.5 Å². The number of halogens is 2. The number of hydrogen-bond donors (Lipinski definition) is 2. The van der Waals surface area contributed by atoms with Gasteiger partial charge in [0.25, 0.3) is 5.91 Å². The van der Waals surface area contributed by atoms with Crippen LogP contribution in [0.15, 0.2) is 30.3 Å². The van der Waals surface area contributed by atoms with Crippen molar-refractivity contribution in [1.82, 2.24) is 14.7 Å². The molecular weight excluding hydrogens is 513 g/mol. The van der Waals surface area contributed by atoms with E-state index in [4.69, 9.17) is 48.6 Å². The number of aromatic nitrogens is 2. The van der Waals surface area contributed by atoms with Gasteiger partial charge >= 0.3 is 0 Å². The summed E-state index contributed by atoms with van der Waals surface area (Å²) in [5.74, 6) is 0.208. The maximum Gasteiger partial charge on any atom is 0.274 e. The zero-order valence-electron chi connectivity index (χ0n) is 21.6. The van der Waals surface area contributed by atoms with E-state index >= 15 is 0 Å². The summed E-state index contributed by atoms with van der Waals surface area (Å²) in [6.07, 6.45) is 1.21. The molecule has 0 saturated heterocycles. The Kier molecular flexibility index (Phi) is 7.10. The number of rotatable bonds is 6. The predicted molar refractivity (Wildman–Crippen MR) is 147 cm³/mol. The number of amides is 1. The first-order valence-corrected chi connectivity index (χ1v) is 12.4. The summed E-state index contributed by atoms with van der Waals surface area (Å²) in [6, 6.07) is 8.67. The highest BCUT2D eigenvalue weighted by Crippen LogP contribution is 2.45. The SMILES string of the molecule is COc1cc2c(cc1C(C=N)C(C)=N)-c1c(c(C(=O)N(C)C(C)(C)C)nn1-c1cc(Cl)cc(Cl)c1)CO2. The highest BCUT2D eigenvalue weighted by Gasteiger charge is 2.35. The second kappa shape index (κ2) is 9.84. The first-order chi connectivity index (χ1) is 17.4. The molecular formula is C27H29Cl2N5O3. The molecule has 1 atom stereocenters. The first-order valence-electron chi connectivity index (χ1n) is 11.6. The van der Waals surface area contributed by atoms with Gasteiger partial charge in [0.2, 0.25) is 0 Å². The van der Waals surface area contributed by atoms with E-state index in [9.17, 15) is 4.79 Å². The summed E-state index contributed by atoms with van der Waals surface area (Å²) in [7, 11) is 3.28. The lowest BCUT2D eigenvalue weighted by Gasteiger charge is -2.31. The molecule has 1 aromatic heterocycles. The minimum atomic E-state index is -0.587. The fourth-order valence-corrected chi connectivity index (χ4v) is 4.76. The Hall–Kier alpha value is -3.36. The Balaban J connectivity index is 2.04. The van der Waals surface area contributed by atoms with Crippen LogP contribution in [-0.4, -0.2) is 52.2 Å². The summed E-state index contributed by atoms with van der Waals surface area (Å²) in [4.78, 5) is 15.3. The number of methoxy groups -OCH3 is 1. The van der Waals surface area contributed by atoms with Gasteiger partial charge in [0, 0.05) is 57.3 Å². The number of carbonyl (C=O) groups is 1. The molecule has 2 aromatic carbocycles. The van der Waals surface area contributed by atoms with Gasteiger partial charge in [-0.1, -0.05) is 23.2 Å². The van der Waals surface area contributed by atoms with Crippen LogP contribution in [0.25, 0.3) is 16.9 Å². The number of fused-ring (bicyclic) bond motifs is 3. The summed E-state index contributed by atoms with van der Waals surface area (Å²) < 4.78 is 13.4. The van der Waals surface area contributed by atoms with Gasteiger partial charge < -0.3 is 25.2 Å². The number of ether oxygens (including phenoxy) is 2. The normalized spacial score (nSPS) is 13.2. The van der Waals surface area contributed by atoms with Gasteiger partial charge in [-0.15, -0.1) is 0 Å². The van der Waals surface area contributed by atoms with Crippen LogP contribution in [0.1, 0.15) is 55.2 Å². The number of carbonyl (C=O) groups excluding carboxylic acids is 1. The highest BCUT2D eigenvalue weighted by molar-refractivity contribution is 6.34. The number of nitrogens with one attached hydrogen (secondary N) is 2. The van der Waals surface area contributed by atoms with Gasteiger partial charge in [-0.05, 0) is 52.0 Å². The molecule has 1 unspecified atom stereocenters. The van der Waals surface area contributed by atoms with Crippen LogP contribution >= 0.6 is 23.2 Å². The van der Waals surface area contributed by atoms with Crippen LogP contribution in [-0.2, 0) is 6.61 Å². The Labute approximate surface area is 226 Å². The smallest absolute Gasteiger partial charge is 0.274 e. The molecule has 2 heterocycles. The molecule has 1 aliphatic heterocycles. The fourth-order valence-electron chi connectivity index (χ4n) is 4.25. The molecule has 194 valence electrons. The van der Waals surface area contributed by atoms with Gasteiger partial charge in [-0.3, -0.25) is 4.79 Å². The maximum absolute atomic E-state index is 13.6. The summed E-state index contributed by atoms with van der Waals surface area (Å²) in [6.45, 7) is 7.62. The van der Waals surface area contributed by atoms with Crippen molar-refractivity contribution in [3.05, 3.63) is 57.2 Å². The molecule has 1 amide bonds. The topological polar surface area (TPSA) is 104 Å². The van der Waals surface area contributed by atoms with E-state index in [1.807, 2.05) is 26.8 Å². The first kappa shape index (κ1) is 26.7. The van der Waals surface area contributed by atoms with Crippen LogP contribution in [0.3, 0.4) is 0 Å². The van der Waals surface area contributed by atoms with Crippen LogP contribution in [0, 0.1) is 10.8 Å². The van der Waals surface area contributed by atoms with Crippen molar-refractivity contribution in [2.45, 2.75) is 45.8 Å². The van der Waals surface area contributed by atoms with Crippen molar-refractivity contribution >= 4 is 41.0 Å². The molecule has 0 aliphatic carbocycles. The van der Waals surface area contributed by atoms with E-state index in [0.29, 0.717) is 55.3 Å². The minimum absolute atomic E-state index is 0.121. The monoisotopic (exact) mass is 541 g/mol. The van der Waals surface area contributed by atoms with Gasteiger partial charge in [0.15, 0.2) is 5.69 Å². The third-order valence-electron chi connectivity index (χ3n) is 6.52. The van der Waals surface area contributed by atoms with Crippen molar-refractivity contribution in [3.63, 3.8) is 0 Å². The molecule has 8 nitrogen and oxygen atoms in total. The Morgan fingerprint density at radius 3 is 2.41 bits per heavy atom. The summed E-state index contributed by atoms with van der Waals surface area (Å²) >= 11 is 12.7. The second-order valence-electron chi connectivity index (χ2n) is 9.96. The van der Waals surface area contributed by atoms with Crippen LogP contribution in [0.2, 0.25) is 10.0 Å². The average Bonchev–Trinajstić information content (AvgIpc) is 3.22. The van der Waals surface area contributed by atoms with E-state index in [1.165, 1.54) is 13.3 Å². The standard InChI is InChI=1S/C27H29Cl2N5O3/c1-14(31)20(12-30)18-10-19-23(11-22(18)36-6)37-13-21-24(26(35)33(5)27(2,3)4)32-34(25(19)21)17-8-15(28)7-16(29)9-17/h7-12,20,30-31H,13H2,1-6H3. The molecule has 0 radical (unpaired) electrons. The lowest BCUT2D eigenvalue weighted by atomic mass is 9.90. The van der Waals surface area contributed by atoms with E-state index in [2.05, 4.69) is 0 Å². The molecule has 10 heteroatoms. The Morgan fingerprint density at radius 2 is 1.86 bits per heavy atom. The van der Waals surface area contributed by atoms with Crippen molar-refractivity contribution < 1.29 is 14.3 Å². The van der Waals surface area contributed by atoms with E-state index in [0.717, 1.165) is 0 Å². The number of nitrogens with zero attached hydrogens (tertiary/aromatic N) is 3. The molecule has 37 heavy (non-hydrogen) atoms. The molecule has 4 rings (SSSR count). The van der Waals surface area contributed by atoms with Gasteiger partial charge in [-0.2, -0.15) is 5.10 Å². The molecule has 0 spiro atoms. The van der Waals surface area contributed by atoms with E-state index in [1.54, 1.807) is 47.8 Å². The third-order valence-corrected chi connectivity index (χ3v) is 6.95. The zero-order chi connectivity index (χ0) is 27.2. The molecule has 1 aliphatic rings.